The fourth-order valence-electron chi connectivity index (χ4n) is 3.20. The second-order valence-corrected chi connectivity index (χ2v) is 8.79. The van der Waals surface area contributed by atoms with Crippen LogP contribution in [0.1, 0.15) is 17.7 Å². The van der Waals surface area contributed by atoms with E-state index in [-0.39, 0.29) is 11.5 Å². The van der Waals surface area contributed by atoms with E-state index in [4.69, 9.17) is 14.6 Å². The topological polar surface area (TPSA) is 114 Å². The quantitative estimate of drug-likeness (QED) is 0.258. The first-order valence-corrected chi connectivity index (χ1v) is 11.8. The number of rotatable bonds is 10. The Morgan fingerprint density at radius 1 is 0.917 bits per heavy atom. The van der Waals surface area contributed by atoms with Gasteiger partial charge >= 0.3 is 5.97 Å². The molecule has 2 amide bonds. The van der Waals surface area contributed by atoms with E-state index in [9.17, 15) is 14.4 Å². The van der Waals surface area contributed by atoms with Gasteiger partial charge in [0.2, 0.25) is 11.8 Å². The van der Waals surface area contributed by atoms with Crippen molar-refractivity contribution < 1.29 is 29.0 Å². The molecule has 36 heavy (non-hydrogen) atoms. The normalized spacial score (nSPS) is 11.8. The van der Waals surface area contributed by atoms with Gasteiger partial charge in [-0.1, -0.05) is 30.3 Å². The van der Waals surface area contributed by atoms with Crippen LogP contribution in [0.4, 0.5) is 11.4 Å². The Balaban J connectivity index is 1.80. The van der Waals surface area contributed by atoms with Crippen molar-refractivity contribution in [1.29, 1.82) is 0 Å². The van der Waals surface area contributed by atoms with Crippen LogP contribution in [0, 0.1) is 0 Å². The number of methoxy groups -OCH3 is 2. The number of thioether (sulfide) groups is 1. The average molecular weight is 507 g/mol. The number of aliphatic carboxylic acids is 1. The average Bonchev–Trinajstić information content (AvgIpc) is 2.88. The molecule has 186 valence electrons. The number of amides is 2. The summed E-state index contributed by atoms with van der Waals surface area (Å²) in [6.07, 6.45) is 1.02. The Kier molecular flexibility index (Phi) is 9.13. The van der Waals surface area contributed by atoms with Crippen LogP contribution in [0.15, 0.2) is 89.3 Å². The summed E-state index contributed by atoms with van der Waals surface area (Å²) >= 11 is 1.35. The lowest BCUT2D eigenvalue weighted by Crippen LogP contribution is -2.19. The summed E-state index contributed by atoms with van der Waals surface area (Å²) in [4.78, 5) is 37.1. The van der Waals surface area contributed by atoms with Crippen molar-refractivity contribution in [3.8, 4) is 11.5 Å². The Bertz CT molecular complexity index is 1260. The molecule has 0 aliphatic rings. The van der Waals surface area contributed by atoms with E-state index < -0.39 is 17.1 Å². The molecule has 1 atom stereocenters. The molecule has 0 aliphatic heterocycles. The highest BCUT2D eigenvalue weighted by Gasteiger charge is 2.23. The molecule has 3 rings (SSSR count). The van der Waals surface area contributed by atoms with E-state index in [0.717, 1.165) is 16.5 Å². The molecule has 3 aromatic carbocycles. The van der Waals surface area contributed by atoms with Crippen molar-refractivity contribution in [3.63, 3.8) is 0 Å². The first-order chi connectivity index (χ1) is 17.3. The fourth-order valence-corrected chi connectivity index (χ4v) is 4.22. The van der Waals surface area contributed by atoms with Gasteiger partial charge in [0.25, 0.3) is 0 Å². The van der Waals surface area contributed by atoms with Crippen LogP contribution in [0.25, 0.3) is 0 Å². The number of anilines is 2. The van der Waals surface area contributed by atoms with Gasteiger partial charge in [-0.2, -0.15) is 0 Å². The van der Waals surface area contributed by atoms with Gasteiger partial charge in [-0.05, 0) is 48.9 Å². The summed E-state index contributed by atoms with van der Waals surface area (Å²) in [5.74, 6) is -0.850. The maximum Gasteiger partial charge on any atom is 0.331 e. The number of carboxylic acid groups (broad SMARTS) is 1. The van der Waals surface area contributed by atoms with E-state index >= 15 is 0 Å². The number of carbonyl (C=O) groups is 3. The molecule has 0 heterocycles. The van der Waals surface area contributed by atoms with Crippen LogP contribution in [0.5, 0.6) is 11.5 Å². The van der Waals surface area contributed by atoms with Crippen LogP contribution in [0.3, 0.4) is 0 Å². The molecule has 0 saturated carbocycles. The number of carboxylic acids is 1. The van der Waals surface area contributed by atoms with Gasteiger partial charge in [-0.3, -0.25) is 9.59 Å². The molecule has 0 saturated heterocycles. The summed E-state index contributed by atoms with van der Waals surface area (Å²) in [7, 11) is 3.08. The third-order valence-corrected chi connectivity index (χ3v) is 6.33. The van der Waals surface area contributed by atoms with E-state index in [2.05, 4.69) is 10.6 Å². The predicted molar refractivity (Wildman–Crippen MR) is 140 cm³/mol. The van der Waals surface area contributed by atoms with Gasteiger partial charge in [0.1, 0.15) is 16.7 Å². The minimum absolute atomic E-state index is 0.0657. The fraction of sp³-hybridized carbons (Fsp3) is 0.148. The van der Waals surface area contributed by atoms with Crippen molar-refractivity contribution in [2.75, 3.05) is 24.9 Å². The maximum atomic E-state index is 13.4. The van der Waals surface area contributed by atoms with E-state index in [1.165, 1.54) is 25.8 Å². The number of nitrogens with one attached hydrogen (secondary N) is 2. The molecular weight excluding hydrogens is 480 g/mol. The number of ether oxygens (including phenoxy) is 2. The van der Waals surface area contributed by atoms with Gasteiger partial charge in [0.05, 0.1) is 19.9 Å². The van der Waals surface area contributed by atoms with Crippen molar-refractivity contribution in [2.45, 2.75) is 17.1 Å². The highest BCUT2D eigenvalue weighted by molar-refractivity contribution is 8.00. The zero-order valence-corrected chi connectivity index (χ0v) is 20.8. The maximum absolute atomic E-state index is 13.4. The summed E-state index contributed by atoms with van der Waals surface area (Å²) in [6.45, 7) is 1.34. The molecule has 0 spiro atoms. The summed E-state index contributed by atoms with van der Waals surface area (Å²) < 4.78 is 10.7. The second kappa shape index (κ2) is 12.5. The summed E-state index contributed by atoms with van der Waals surface area (Å²) in [6, 6.07) is 21.5. The molecule has 0 radical (unpaired) electrons. The summed E-state index contributed by atoms with van der Waals surface area (Å²) in [5, 5.41) is 13.9. The van der Waals surface area contributed by atoms with Crippen molar-refractivity contribution >= 4 is 40.9 Å². The third kappa shape index (κ3) is 7.13. The molecule has 0 aliphatic carbocycles. The van der Waals surface area contributed by atoms with Crippen LogP contribution in [0.2, 0.25) is 0 Å². The van der Waals surface area contributed by atoms with Gasteiger partial charge in [-0.25, -0.2) is 4.79 Å². The number of hydrogen-bond donors (Lipinski definition) is 3. The molecular formula is C27H26N2O6S. The lowest BCUT2D eigenvalue weighted by molar-refractivity contribution is -0.132. The van der Waals surface area contributed by atoms with Crippen molar-refractivity contribution in [1.82, 2.24) is 0 Å². The molecule has 9 heteroatoms. The van der Waals surface area contributed by atoms with Gasteiger partial charge in [-0.15, -0.1) is 11.8 Å². The third-order valence-electron chi connectivity index (χ3n) is 5.07. The van der Waals surface area contributed by atoms with Gasteiger partial charge in [0, 0.05) is 28.3 Å². The lowest BCUT2D eigenvalue weighted by Gasteiger charge is -2.19. The lowest BCUT2D eigenvalue weighted by atomic mass is 10.1. The number of benzene rings is 3. The Hall–Kier alpha value is -4.24. The van der Waals surface area contributed by atoms with Crippen molar-refractivity contribution in [2.24, 2.45) is 0 Å². The Labute approximate surface area is 213 Å². The van der Waals surface area contributed by atoms with E-state index in [1.807, 2.05) is 30.3 Å². The first-order valence-electron chi connectivity index (χ1n) is 10.9. The highest BCUT2D eigenvalue weighted by atomic mass is 32.2. The molecule has 3 N–H and O–H groups in total. The minimum atomic E-state index is -1.16. The minimum Gasteiger partial charge on any atom is -0.497 e. The van der Waals surface area contributed by atoms with Gasteiger partial charge < -0.3 is 25.2 Å². The van der Waals surface area contributed by atoms with Crippen LogP contribution < -0.4 is 20.1 Å². The Morgan fingerprint density at radius 2 is 1.61 bits per heavy atom. The van der Waals surface area contributed by atoms with Crippen LogP contribution in [-0.2, 0) is 14.4 Å². The molecule has 0 aromatic heterocycles. The zero-order valence-electron chi connectivity index (χ0n) is 20.0. The molecule has 3 aromatic rings. The first kappa shape index (κ1) is 26.4. The van der Waals surface area contributed by atoms with Crippen LogP contribution >= 0.6 is 11.8 Å². The van der Waals surface area contributed by atoms with E-state index in [0.29, 0.717) is 22.9 Å². The Morgan fingerprint density at radius 3 is 2.22 bits per heavy atom. The van der Waals surface area contributed by atoms with Crippen molar-refractivity contribution in [3.05, 3.63) is 90.0 Å². The van der Waals surface area contributed by atoms with Gasteiger partial charge in [0.15, 0.2) is 0 Å². The number of hydrogen-bond acceptors (Lipinski definition) is 6. The smallest absolute Gasteiger partial charge is 0.331 e. The molecule has 0 fully saturated rings. The van der Waals surface area contributed by atoms with Crippen LogP contribution in [-0.4, -0.2) is 37.1 Å². The SMILES string of the molecule is COc1ccc(OC)c(NC(=O)C(Sc2ccc(NC(=O)/C=C(\C)C(=O)O)cc2)c2ccccc2)c1. The molecule has 0 bridgehead atoms. The molecule has 1 unspecified atom stereocenters. The second-order valence-electron chi connectivity index (χ2n) is 7.61. The predicted octanol–water partition coefficient (Wildman–Crippen LogP) is 5.15. The standard InChI is InChI=1S/C27H26N2O6S/c1-17(27(32)33)15-24(30)28-19-9-12-21(13-10-19)36-25(18-7-5-4-6-8-18)26(31)29-22-16-20(34-2)11-14-23(22)35-3/h4-16,25H,1-3H3,(H,28,30)(H,29,31)(H,32,33)/b17-15+. The zero-order chi connectivity index (χ0) is 26.1. The molecule has 8 nitrogen and oxygen atoms in total. The highest BCUT2D eigenvalue weighted by Crippen LogP contribution is 2.38. The summed E-state index contributed by atoms with van der Waals surface area (Å²) in [5.41, 5.74) is 1.74. The largest absolute Gasteiger partial charge is 0.497 e. The monoisotopic (exact) mass is 506 g/mol. The number of carbonyl (C=O) groups excluding carboxylic acids is 2. The van der Waals surface area contributed by atoms with E-state index in [1.54, 1.807) is 49.6 Å².